The quantitative estimate of drug-likeness (QED) is 0.742. The zero-order valence-corrected chi connectivity index (χ0v) is 9.88. The summed E-state index contributed by atoms with van der Waals surface area (Å²) in [6.45, 7) is 2.06. The second-order valence-electron chi connectivity index (χ2n) is 3.93. The molecule has 1 heterocycles. The maximum atomic E-state index is 10.9. The fraction of sp³-hybridized carbons (Fsp3) is 0.545. The van der Waals surface area contributed by atoms with Crippen LogP contribution in [0.3, 0.4) is 0 Å². The minimum absolute atomic E-state index is 0.543. The lowest BCUT2D eigenvalue weighted by Crippen LogP contribution is -2.09. The van der Waals surface area contributed by atoms with Crippen molar-refractivity contribution in [2.45, 2.75) is 38.6 Å². The molecule has 1 aromatic heterocycles. The molecule has 1 aliphatic carbocycles. The number of hydrogen-bond donors (Lipinski definition) is 0. The molecule has 0 N–H and O–H groups in total. The average molecular weight is 256 g/mol. The molecule has 0 saturated heterocycles. The van der Waals surface area contributed by atoms with Crippen LogP contribution in [0.15, 0.2) is 10.5 Å². The zero-order valence-electron chi connectivity index (χ0n) is 8.29. The Morgan fingerprint density at radius 1 is 1.50 bits per heavy atom. The van der Waals surface area contributed by atoms with Crippen LogP contribution in [0.1, 0.15) is 47.9 Å². The van der Waals surface area contributed by atoms with Crippen LogP contribution >= 0.6 is 15.9 Å². The first-order valence-electron chi connectivity index (χ1n) is 5.06. The van der Waals surface area contributed by atoms with Gasteiger partial charge >= 0.3 is 0 Å². The molecule has 14 heavy (non-hydrogen) atoms. The standard InChI is InChI=1S/C11H14BrNO/c1-8-11(12)6-10(7-14)13(8)9-4-2-3-5-9/h6-7,9H,2-5H2,1H3. The fourth-order valence-corrected chi connectivity index (χ4v) is 2.78. The first kappa shape index (κ1) is 9.97. The van der Waals surface area contributed by atoms with Gasteiger partial charge < -0.3 is 4.57 Å². The van der Waals surface area contributed by atoms with Crippen LogP contribution in [0.25, 0.3) is 0 Å². The SMILES string of the molecule is Cc1c(Br)cc(C=O)n1C1CCCC1. The van der Waals surface area contributed by atoms with Crippen LogP contribution in [-0.2, 0) is 0 Å². The summed E-state index contributed by atoms with van der Waals surface area (Å²) in [7, 11) is 0. The summed E-state index contributed by atoms with van der Waals surface area (Å²) in [5, 5.41) is 0. The summed E-state index contributed by atoms with van der Waals surface area (Å²) in [5.74, 6) is 0. The molecule has 2 rings (SSSR count). The Hall–Kier alpha value is -0.570. The van der Waals surface area contributed by atoms with E-state index in [0.717, 1.165) is 16.5 Å². The fourth-order valence-electron chi connectivity index (χ4n) is 2.35. The molecule has 1 aliphatic rings. The molecule has 0 aromatic carbocycles. The Balaban J connectivity index is 2.43. The molecule has 1 aromatic rings. The van der Waals surface area contributed by atoms with Crippen molar-refractivity contribution in [1.29, 1.82) is 0 Å². The van der Waals surface area contributed by atoms with E-state index in [1.165, 1.54) is 31.4 Å². The highest BCUT2D eigenvalue weighted by molar-refractivity contribution is 9.10. The van der Waals surface area contributed by atoms with Gasteiger partial charge in [0.1, 0.15) is 0 Å². The van der Waals surface area contributed by atoms with Crippen molar-refractivity contribution in [2.24, 2.45) is 0 Å². The Labute approximate surface area is 92.4 Å². The van der Waals surface area contributed by atoms with Gasteiger partial charge in [0, 0.05) is 16.2 Å². The minimum Gasteiger partial charge on any atom is -0.339 e. The van der Waals surface area contributed by atoms with E-state index in [-0.39, 0.29) is 0 Å². The van der Waals surface area contributed by atoms with Crippen molar-refractivity contribution in [1.82, 2.24) is 4.57 Å². The number of carbonyl (C=O) groups is 1. The Kier molecular flexibility index (Phi) is 2.77. The highest BCUT2D eigenvalue weighted by Gasteiger charge is 2.21. The topological polar surface area (TPSA) is 22.0 Å². The largest absolute Gasteiger partial charge is 0.339 e. The van der Waals surface area contributed by atoms with Gasteiger partial charge in [-0.05, 0) is 41.8 Å². The maximum Gasteiger partial charge on any atom is 0.166 e. The molecule has 2 nitrogen and oxygen atoms in total. The molecule has 0 bridgehead atoms. The third-order valence-corrected chi connectivity index (χ3v) is 3.87. The molecule has 1 fully saturated rings. The molecule has 1 saturated carbocycles. The van der Waals surface area contributed by atoms with Crippen molar-refractivity contribution >= 4 is 22.2 Å². The van der Waals surface area contributed by atoms with Crippen LogP contribution < -0.4 is 0 Å². The monoisotopic (exact) mass is 255 g/mol. The first-order valence-corrected chi connectivity index (χ1v) is 5.86. The van der Waals surface area contributed by atoms with Gasteiger partial charge in [-0.15, -0.1) is 0 Å². The van der Waals surface area contributed by atoms with E-state index in [1.807, 2.05) is 6.07 Å². The van der Waals surface area contributed by atoms with E-state index in [1.54, 1.807) is 0 Å². The maximum absolute atomic E-state index is 10.9. The molecule has 0 amide bonds. The number of carbonyl (C=O) groups excluding carboxylic acids is 1. The Bertz CT molecular complexity index is 350. The van der Waals surface area contributed by atoms with Gasteiger partial charge in [-0.3, -0.25) is 4.79 Å². The number of aromatic nitrogens is 1. The van der Waals surface area contributed by atoms with Crippen LogP contribution in [0, 0.1) is 6.92 Å². The van der Waals surface area contributed by atoms with Gasteiger partial charge in [-0.25, -0.2) is 0 Å². The van der Waals surface area contributed by atoms with Crippen molar-refractivity contribution in [3.8, 4) is 0 Å². The number of hydrogen-bond acceptors (Lipinski definition) is 1. The lowest BCUT2D eigenvalue weighted by atomic mass is 10.2. The number of rotatable bonds is 2. The predicted molar refractivity (Wildman–Crippen MR) is 59.8 cm³/mol. The normalized spacial score (nSPS) is 17.6. The third-order valence-electron chi connectivity index (χ3n) is 3.07. The zero-order chi connectivity index (χ0) is 10.1. The highest BCUT2D eigenvalue weighted by Crippen LogP contribution is 2.34. The highest BCUT2D eigenvalue weighted by atomic mass is 79.9. The predicted octanol–water partition coefficient (Wildman–Crippen LogP) is 3.49. The third kappa shape index (κ3) is 1.54. The van der Waals surface area contributed by atoms with Crippen LogP contribution in [0.4, 0.5) is 0 Å². The lowest BCUT2D eigenvalue weighted by molar-refractivity contribution is 0.111. The Morgan fingerprint density at radius 3 is 2.71 bits per heavy atom. The van der Waals surface area contributed by atoms with Gasteiger partial charge in [0.2, 0.25) is 0 Å². The van der Waals surface area contributed by atoms with E-state index >= 15 is 0 Å². The Morgan fingerprint density at radius 2 is 2.14 bits per heavy atom. The smallest absolute Gasteiger partial charge is 0.166 e. The van der Waals surface area contributed by atoms with Gasteiger partial charge in [-0.2, -0.15) is 0 Å². The van der Waals surface area contributed by atoms with E-state index in [2.05, 4.69) is 27.4 Å². The minimum atomic E-state index is 0.543. The van der Waals surface area contributed by atoms with Gasteiger partial charge in [0.05, 0.1) is 5.69 Å². The number of nitrogens with zero attached hydrogens (tertiary/aromatic N) is 1. The summed E-state index contributed by atoms with van der Waals surface area (Å²) in [4.78, 5) is 10.9. The van der Waals surface area contributed by atoms with Crippen molar-refractivity contribution in [3.05, 3.63) is 21.9 Å². The molecule has 0 unspecified atom stereocenters. The molecule has 0 radical (unpaired) electrons. The molecule has 76 valence electrons. The van der Waals surface area contributed by atoms with E-state index in [9.17, 15) is 4.79 Å². The molecular formula is C11H14BrNO. The van der Waals surface area contributed by atoms with E-state index < -0.39 is 0 Å². The number of halogens is 1. The van der Waals surface area contributed by atoms with E-state index in [0.29, 0.717) is 6.04 Å². The first-order chi connectivity index (χ1) is 6.74. The summed E-state index contributed by atoms with van der Waals surface area (Å²) in [6, 6.07) is 2.46. The molecule has 0 atom stereocenters. The van der Waals surface area contributed by atoms with Gasteiger partial charge in [-0.1, -0.05) is 12.8 Å². The van der Waals surface area contributed by atoms with Crippen LogP contribution in [0.5, 0.6) is 0 Å². The summed E-state index contributed by atoms with van der Waals surface area (Å²) in [6.07, 6.45) is 5.96. The average Bonchev–Trinajstić information content (AvgIpc) is 2.76. The second-order valence-corrected chi connectivity index (χ2v) is 4.78. The summed E-state index contributed by atoms with van der Waals surface area (Å²) < 4.78 is 3.23. The van der Waals surface area contributed by atoms with Crippen molar-refractivity contribution in [3.63, 3.8) is 0 Å². The number of aldehydes is 1. The summed E-state index contributed by atoms with van der Waals surface area (Å²) in [5.41, 5.74) is 1.99. The lowest BCUT2D eigenvalue weighted by Gasteiger charge is -2.16. The van der Waals surface area contributed by atoms with Gasteiger partial charge in [0.15, 0.2) is 6.29 Å². The van der Waals surface area contributed by atoms with E-state index in [4.69, 9.17) is 0 Å². The van der Waals surface area contributed by atoms with Crippen LogP contribution in [0.2, 0.25) is 0 Å². The van der Waals surface area contributed by atoms with Crippen LogP contribution in [-0.4, -0.2) is 10.9 Å². The molecule has 0 aliphatic heterocycles. The van der Waals surface area contributed by atoms with Crippen molar-refractivity contribution < 1.29 is 4.79 Å². The van der Waals surface area contributed by atoms with Crippen molar-refractivity contribution in [2.75, 3.05) is 0 Å². The summed E-state index contributed by atoms with van der Waals surface area (Å²) >= 11 is 3.48. The van der Waals surface area contributed by atoms with Gasteiger partial charge in [0.25, 0.3) is 0 Å². The molecule has 0 spiro atoms. The molecule has 3 heteroatoms. The molecular weight excluding hydrogens is 242 g/mol. The second kappa shape index (κ2) is 3.89.